The molecule has 8 nitrogen and oxygen atoms in total. The number of carbonyl (C=O) groups is 1. The van der Waals surface area contributed by atoms with Crippen LogP contribution in [0.15, 0.2) is 30.6 Å². The predicted octanol–water partition coefficient (Wildman–Crippen LogP) is 3.95. The minimum Gasteiger partial charge on any atom is -0.493 e. The number of anilines is 3. The second kappa shape index (κ2) is 11.4. The summed E-state index contributed by atoms with van der Waals surface area (Å²) in [6.45, 7) is 4.92. The Bertz CT molecular complexity index is 861. The molecule has 3 rings (SSSR count). The summed E-state index contributed by atoms with van der Waals surface area (Å²) in [6, 6.07) is 7.40. The quantitative estimate of drug-likeness (QED) is 0.593. The van der Waals surface area contributed by atoms with Gasteiger partial charge in [-0.15, -0.1) is 0 Å². The number of nitrogens with zero attached hydrogens (tertiary/aromatic N) is 3. The van der Waals surface area contributed by atoms with Crippen LogP contribution in [0.5, 0.6) is 11.5 Å². The molecule has 1 atom stereocenters. The first-order valence-electron chi connectivity index (χ1n) is 11.0. The molecule has 0 unspecified atom stereocenters. The molecule has 2 heterocycles. The zero-order valence-corrected chi connectivity index (χ0v) is 18.7. The van der Waals surface area contributed by atoms with E-state index in [-0.39, 0.29) is 5.91 Å². The van der Waals surface area contributed by atoms with Crippen molar-refractivity contribution in [1.29, 1.82) is 0 Å². The Labute approximate surface area is 184 Å². The lowest BCUT2D eigenvalue weighted by molar-refractivity contribution is -0.116. The Morgan fingerprint density at radius 3 is 2.81 bits per heavy atom. The van der Waals surface area contributed by atoms with Crippen molar-refractivity contribution in [2.24, 2.45) is 5.92 Å². The van der Waals surface area contributed by atoms with Gasteiger partial charge in [0.2, 0.25) is 5.91 Å². The van der Waals surface area contributed by atoms with Crippen LogP contribution in [0.4, 0.5) is 17.3 Å². The van der Waals surface area contributed by atoms with E-state index in [0.717, 1.165) is 57.0 Å². The molecule has 0 aliphatic carbocycles. The highest BCUT2D eigenvalue weighted by Gasteiger charge is 2.22. The topological polar surface area (TPSA) is 88.6 Å². The largest absolute Gasteiger partial charge is 0.493 e. The molecule has 0 bridgehead atoms. The van der Waals surface area contributed by atoms with Gasteiger partial charge in [-0.2, -0.15) is 0 Å². The minimum atomic E-state index is 0.0115. The number of piperidine rings is 1. The monoisotopic (exact) mass is 427 g/mol. The zero-order chi connectivity index (χ0) is 22.1. The highest BCUT2D eigenvalue weighted by molar-refractivity contribution is 5.91. The molecule has 1 aromatic heterocycles. The van der Waals surface area contributed by atoms with E-state index in [4.69, 9.17) is 9.47 Å². The molecule has 1 aliphatic heterocycles. The third-order valence-corrected chi connectivity index (χ3v) is 5.50. The number of hydrogen-bond acceptors (Lipinski definition) is 7. The van der Waals surface area contributed by atoms with Gasteiger partial charge >= 0.3 is 0 Å². The van der Waals surface area contributed by atoms with E-state index >= 15 is 0 Å². The van der Waals surface area contributed by atoms with Gasteiger partial charge in [-0.05, 0) is 43.7 Å². The highest BCUT2D eigenvalue weighted by Crippen LogP contribution is 2.30. The fourth-order valence-electron chi connectivity index (χ4n) is 3.85. The SMILES string of the molecule is CCCNc1cc(N2CCC[C@H](CCC(=O)Nc3ccc(OC)c(OC)c3)C2)ncn1. The van der Waals surface area contributed by atoms with Crippen LogP contribution in [-0.4, -0.2) is 49.7 Å². The molecule has 2 N–H and O–H groups in total. The fourth-order valence-corrected chi connectivity index (χ4v) is 3.85. The lowest BCUT2D eigenvalue weighted by Gasteiger charge is -2.33. The van der Waals surface area contributed by atoms with E-state index in [9.17, 15) is 4.79 Å². The van der Waals surface area contributed by atoms with Crippen LogP contribution in [0.2, 0.25) is 0 Å². The summed E-state index contributed by atoms with van der Waals surface area (Å²) in [6.07, 6.45) is 6.24. The molecule has 31 heavy (non-hydrogen) atoms. The summed E-state index contributed by atoms with van der Waals surface area (Å²) in [5.41, 5.74) is 0.709. The summed E-state index contributed by atoms with van der Waals surface area (Å²) in [7, 11) is 3.17. The highest BCUT2D eigenvalue weighted by atomic mass is 16.5. The van der Waals surface area contributed by atoms with Crippen LogP contribution in [-0.2, 0) is 4.79 Å². The predicted molar refractivity (Wildman–Crippen MR) is 123 cm³/mol. The van der Waals surface area contributed by atoms with Crippen molar-refractivity contribution >= 4 is 23.2 Å². The Morgan fingerprint density at radius 1 is 1.19 bits per heavy atom. The van der Waals surface area contributed by atoms with Gasteiger partial charge in [0.25, 0.3) is 0 Å². The van der Waals surface area contributed by atoms with E-state index in [1.807, 2.05) is 12.1 Å². The first-order chi connectivity index (χ1) is 15.1. The first-order valence-corrected chi connectivity index (χ1v) is 11.0. The number of methoxy groups -OCH3 is 2. The van der Waals surface area contributed by atoms with Gasteiger partial charge in [0, 0.05) is 43.9 Å². The number of nitrogens with one attached hydrogen (secondary N) is 2. The molecule has 1 amide bonds. The van der Waals surface area contributed by atoms with Crippen molar-refractivity contribution in [3.63, 3.8) is 0 Å². The van der Waals surface area contributed by atoms with Gasteiger partial charge in [-0.3, -0.25) is 4.79 Å². The number of benzene rings is 1. The summed E-state index contributed by atoms with van der Waals surface area (Å²) >= 11 is 0. The van der Waals surface area contributed by atoms with Gasteiger partial charge in [0.05, 0.1) is 14.2 Å². The normalized spacial score (nSPS) is 16.0. The third kappa shape index (κ3) is 6.47. The van der Waals surface area contributed by atoms with Crippen molar-refractivity contribution < 1.29 is 14.3 Å². The van der Waals surface area contributed by atoms with E-state index in [1.54, 1.807) is 32.7 Å². The van der Waals surface area contributed by atoms with Crippen molar-refractivity contribution in [2.75, 3.05) is 49.4 Å². The first kappa shape index (κ1) is 22.7. The van der Waals surface area contributed by atoms with Crippen LogP contribution in [0.1, 0.15) is 39.0 Å². The molecular weight excluding hydrogens is 394 g/mol. The maximum atomic E-state index is 12.5. The van der Waals surface area contributed by atoms with Gasteiger partial charge in [-0.25, -0.2) is 9.97 Å². The van der Waals surface area contributed by atoms with Crippen LogP contribution in [0.3, 0.4) is 0 Å². The van der Waals surface area contributed by atoms with Gasteiger partial charge in [0.1, 0.15) is 18.0 Å². The van der Waals surface area contributed by atoms with Crippen LogP contribution >= 0.6 is 0 Å². The number of rotatable bonds is 10. The van der Waals surface area contributed by atoms with E-state index in [1.165, 1.54) is 0 Å². The number of ether oxygens (including phenoxy) is 2. The number of aromatic nitrogens is 2. The average molecular weight is 428 g/mol. The van der Waals surface area contributed by atoms with Crippen LogP contribution < -0.4 is 25.0 Å². The Kier molecular flexibility index (Phi) is 8.32. The molecule has 1 aliphatic rings. The van der Waals surface area contributed by atoms with Gasteiger partial charge < -0.3 is 25.0 Å². The van der Waals surface area contributed by atoms with E-state index in [2.05, 4.69) is 32.4 Å². The van der Waals surface area contributed by atoms with Crippen molar-refractivity contribution in [1.82, 2.24) is 9.97 Å². The molecule has 8 heteroatoms. The van der Waals surface area contributed by atoms with Crippen LogP contribution in [0, 0.1) is 5.92 Å². The Hall–Kier alpha value is -3.03. The fraction of sp³-hybridized carbons (Fsp3) is 0.522. The maximum absolute atomic E-state index is 12.5. The molecule has 0 spiro atoms. The number of hydrogen-bond donors (Lipinski definition) is 2. The Morgan fingerprint density at radius 2 is 2.03 bits per heavy atom. The zero-order valence-electron chi connectivity index (χ0n) is 18.7. The smallest absolute Gasteiger partial charge is 0.224 e. The Balaban J connectivity index is 1.51. The second-order valence-corrected chi connectivity index (χ2v) is 7.80. The van der Waals surface area contributed by atoms with Crippen molar-refractivity contribution in [2.45, 2.75) is 39.0 Å². The van der Waals surface area contributed by atoms with E-state index < -0.39 is 0 Å². The standard InChI is InChI=1S/C23H33N5O3/c1-4-11-24-21-14-22(26-16-25-21)28-12-5-6-17(15-28)7-10-23(29)27-18-8-9-19(30-2)20(13-18)31-3/h8-9,13-14,16-17H,4-7,10-12,15H2,1-3H3,(H,27,29)(H,24,25,26)/t17-/m1/s1. The second-order valence-electron chi connectivity index (χ2n) is 7.80. The summed E-state index contributed by atoms with van der Waals surface area (Å²) in [4.78, 5) is 23.5. The lowest BCUT2D eigenvalue weighted by atomic mass is 9.93. The van der Waals surface area contributed by atoms with Gasteiger partial charge in [0.15, 0.2) is 11.5 Å². The van der Waals surface area contributed by atoms with Crippen molar-refractivity contribution in [3.8, 4) is 11.5 Å². The molecular formula is C23H33N5O3. The number of amides is 1. The summed E-state index contributed by atoms with van der Waals surface area (Å²) < 4.78 is 10.5. The summed E-state index contributed by atoms with van der Waals surface area (Å²) in [5, 5.41) is 6.28. The molecule has 2 aromatic rings. The molecule has 1 fully saturated rings. The lowest BCUT2D eigenvalue weighted by Crippen LogP contribution is -2.36. The maximum Gasteiger partial charge on any atom is 0.224 e. The molecule has 0 saturated carbocycles. The van der Waals surface area contributed by atoms with Gasteiger partial charge in [-0.1, -0.05) is 6.92 Å². The van der Waals surface area contributed by atoms with Crippen molar-refractivity contribution in [3.05, 3.63) is 30.6 Å². The molecule has 168 valence electrons. The van der Waals surface area contributed by atoms with Crippen LogP contribution in [0.25, 0.3) is 0 Å². The molecule has 0 radical (unpaired) electrons. The summed E-state index contributed by atoms with van der Waals surface area (Å²) in [5.74, 6) is 3.53. The molecule has 1 aromatic carbocycles. The third-order valence-electron chi connectivity index (χ3n) is 5.50. The molecule has 1 saturated heterocycles. The minimum absolute atomic E-state index is 0.0115. The van der Waals surface area contributed by atoms with E-state index in [0.29, 0.717) is 29.5 Å². The average Bonchev–Trinajstić information content (AvgIpc) is 2.81. The number of carbonyl (C=O) groups excluding carboxylic acids is 1.